The Bertz CT molecular complexity index is 494. The first-order valence-corrected chi connectivity index (χ1v) is 7.62. The van der Waals surface area contributed by atoms with Crippen molar-refractivity contribution in [2.24, 2.45) is 5.14 Å². The van der Waals surface area contributed by atoms with E-state index < -0.39 is 10.0 Å². The quantitative estimate of drug-likeness (QED) is 0.768. The normalized spacial score (nSPS) is 11.5. The molecule has 1 rings (SSSR count). The van der Waals surface area contributed by atoms with E-state index in [1.54, 1.807) is 6.07 Å². The fraction of sp³-hybridized carbons (Fsp3) is 0.500. The Hall–Kier alpha value is -1.27. The fourth-order valence-corrected chi connectivity index (χ4v) is 2.44. The Kier molecular flexibility index (Phi) is 4.98. The fourth-order valence-electron chi connectivity index (χ4n) is 1.89. The molecule has 5 nitrogen and oxygen atoms in total. The number of nitrogens with two attached hydrogens (primary N) is 2. The largest absolute Gasteiger partial charge is 0.397 e. The summed E-state index contributed by atoms with van der Waals surface area (Å²) in [5, 5.41) is 5.07. The number of nitrogen functional groups attached to an aromatic ring is 1. The van der Waals surface area contributed by atoms with E-state index in [1.807, 2.05) is 0 Å². The summed E-state index contributed by atoms with van der Waals surface area (Å²) >= 11 is 0. The Morgan fingerprint density at radius 1 is 1.17 bits per heavy atom. The second kappa shape index (κ2) is 6.06. The highest BCUT2D eigenvalue weighted by Gasteiger charge is 2.13. The zero-order valence-corrected chi connectivity index (χ0v) is 11.7. The Labute approximate surface area is 109 Å². The van der Waals surface area contributed by atoms with Crippen LogP contribution in [0.4, 0.5) is 11.4 Å². The van der Waals surface area contributed by atoms with E-state index in [2.05, 4.69) is 18.7 Å². The first kappa shape index (κ1) is 14.8. The van der Waals surface area contributed by atoms with Crippen LogP contribution in [0.1, 0.15) is 26.7 Å². The van der Waals surface area contributed by atoms with Crippen LogP contribution < -0.4 is 15.8 Å². The third-order valence-corrected chi connectivity index (χ3v) is 3.57. The molecule has 0 fully saturated rings. The van der Waals surface area contributed by atoms with Gasteiger partial charge < -0.3 is 10.6 Å². The van der Waals surface area contributed by atoms with Gasteiger partial charge in [-0.3, -0.25) is 0 Å². The zero-order valence-electron chi connectivity index (χ0n) is 10.9. The summed E-state index contributed by atoms with van der Waals surface area (Å²) in [5.74, 6) is 0. The lowest BCUT2D eigenvalue weighted by atomic mass is 10.2. The lowest BCUT2D eigenvalue weighted by molar-refractivity contribution is 0.598. The topological polar surface area (TPSA) is 89.4 Å². The van der Waals surface area contributed by atoms with Crippen molar-refractivity contribution >= 4 is 21.4 Å². The van der Waals surface area contributed by atoms with Gasteiger partial charge in [-0.15, -0.1) is 0 Å². The van der Waals surface area contributed by atoms with Crippen LogP contribution in [0.25, 0.3) is 0 Å². The molecule has 1 aromatic rings. The smallest absolute Gasteiger partial charge is 0.238 e. The standard InChI is InChI=1S/C12H21N3O2S/c1-3-7-15(8-4-2)12-6-5-10(9-11(12)13)18(14,16)17/h5-6,9H,3-4,7-8,13H2,1-2H3,(H2,14,16,17). The minimum absolute atomic E-state index is 0.0525. The van der Waals surface area contributed by atoms with E-state index in [0.29, 0.717) is 5.69 Å². The molecule has 0 aromatic heterocycles. The number of rotatable bonds is 6. The van der Waals surface area contributed by atoms with E-state index in [4.69, 9.17) is 10.9 Å². The van der Waals surface area contributed by atoms with Gasteiger partial charge in [0.1, 0.15) is 0 Å². The van der Waals surface area contributed by atoms with Crippen molar-refractivity contribution in [2.45, 2.75) is 31.6 Å². The van der Waals surface area contributed by atoms with Crippen molar-refractivity contribution in [1.82, 2.24) is 0 Å². The average Bonchev–Trinajstić information content (AvgIpc) is 2.27. The average molecular weight is 271 g/mol. The van der Waals surface area contributed by atoms with Crippen LogP contribution in [-0.4, -0.2) is 21.5 Å². The molecule has 0 bridgehead atoms. The number of sulfonamides is 1. The van der Waals surface area contributed by atoms with Crippen LogP contribution in [-0.2, 0) is 10.0 Å². The zero-order chi connectivity index (χ0) is 13.8. The lowest BCUT2D eigenvalue weighted by Gasteiger charge is -2.25. The molecule has 0 atom stereocenters. The molecular formula is C12H21N3O2S. The maximum atomic E-state index is 11.2. The van der Waals surface area contributed by atoms with Gasteiger partial charge in [0.2, 0.25) is 10.0 Å². The van der Waals surface area contributed by atoms with Gasteiger partial charge in [-0.05, 0) is 31.0 Å². The Morgan fingerprint density at radius 3 is 2.11 bits per heavy atom. The molecule has 0 aliphatic carbocycles. The molecule has 0 heterocycles. The first-order chi connectivity index (χ1) is 8.40. The van der Waals surface area contributed by atoms with Gasteiger partial charge in [0, 0.05) is 13.1 Å². The lowest BCUT2D eigenvalue weighted by Crippen LogP contribution is -2.26. The van der Waals surface area contributed by atoms with Crippen molar-refractivity contribution in [2.75, 3.05) is 23.7 Å². The van der Waals surface area contributed by atoms with E-state index in [0.717, 1.165) is 31.6 Å². The molecule has 0 unspecified atom stereocenters. The van der Waals surface area contributed by atoms with Crippen molar-refractivity contribution in [1.29, 1.82) is 0 Å². The summed E-state index contributed by atoms with van der Waals surface area (Å²) in [6.07, 6.45) is 2.02. The van der Waals surface area contributed by atoms with Crippen LogP contribution in [0, 0.1) is 0 Å². The highest BCUT2D eigenvalue weighted by Crippen LogP contribution is 2.26. The number of hydrogen-bond donors (Lipinski definition) is 2. The second-order valence-corrected chi connectivity index (χ2v) is 5.81. The number of anilines is 2. The third-order valence-electron chi connectivity index (χ3n) is 2.66. The number of benzene rings is 1. The van der Waals surface area contributed by atoms with Crippen LogP contribution in [0.3, 0.4) is 0 Å². The molecule has 1 aromatic carbocycles. The van der Waals surface area contributed by atoms with Crippen LogP contribution >= 0.6 is 0 Å². The van der Waals surface area contributed by atoms with Gasteiger partial charge in [0.25, 0.3) is 0 Å². The molecule has 0 saturated carbocycles. The SMILES string of the molecule is CCCN(CCC)c1ccc(S(N)(=O)=O)cc1N. The van der Waals surface area contributed by atoms with Gasteiger partial charge >= 0.3 is 0 Å². The molecule has 6 heteroatoms. The molecule has 4 N–H and O–H groups in total. The molecular weight excluding hydrogens is 250 g/mol. The van der Waals surface area contributed by atoms with Gasteiger partial charge in [-0.25, -0.2) is 13.6 Å². The van der Waals surface area contributed by atoms with Crippen molar-refractivity contribution in [3.05, 3.63) is 18.2 Å². The summed E-state index contributed by atoms with van der Waals surface area (Å²) < 4.78 is 22.5. The van der Waals surface area contributed by atoms with Crippen molar-refractivity contribution < 1.29 is 8.42 Å². The van der Waals surface area contributed by atoms with Crippen molar-refractivity contribution in [3.8, 4) is 0 Å². The molecule has 18 heavy (non-hydrogen) atoms. The number of primary sulfonamides is 1. The second-order valence-electron chi connectivity index (χ2n) is 4.25. The number of nitrogens with zero attached hydrogens (tertiary/aromatic N) is 1. The van der Waals surface area contributed by atoms with Gasteiger partial charge in [-0.1, -0.05) is 13.8 Å². The molecule has 0 amide bonds. The maximum Gasteiger partial charge on any atom is 0.238 e. The monoisotopic (exact) mass is 271 g/mol. The highest BCUT2D eigenvalue weighted by atomic mass is 32.2. The van der Waals surface area contributed by atoms with E-state index in [9.17, 15) is 8.42 Å². The first-order valence-electron chi connectivity index (χ1n) is 6.07. The Balaban J connectivity index is 3.10. The van der Waals surface area contributed by atoms with Crippen LogP contribution in [0.5, 0.6) is 0 Å². The third kappa shape index (κ3) is 3.61. The van der Waals surface area contributed by atoms with Crippen molar-refractivity contribution in [3.63, 3.8) is 0 Å². The summed E-state index contributed by atoms with van der Waals surface area (Å²) in [6, 6.07) is 4.64. The highest BCUT2D eigenvalue weighted by molar-refractivity contribution is 7.89. The molecule has 0 aliphatic rings. The van der Waals surface area contributed by atoms with E-state index in [-0.39, 0.29) is 4.90 Å². The summed E-state index contributed by atoms with van der Waals surface area (Å²) in [7, 11) is -3.69. The summed E-state index contributed by atoms with van der Waals surface area (Å²) in [4.78, 5) is 2.21. The van der Waals surface area contributed by atoms with E-state index >= 15 is 0 Å². The molecule has 0 saturated heterocycles. The predicted octanol–water partition coefficient (Wildman–Crippen LogP) is 1.54. The number of hydrogen-bond acceptors (Lipinski definition) is 4. The maximum absolute atomic E-state index is 11.2. The summed E-state index contributed by atoms with van der Waals surface area (Å²) in [5.41, 5.74) is 7.23. The minimum Gasteiger partial charge on any atom is -0.397 e. The minimum atomic E-state index is -3.69. The summed E-state index contributed by atoms with van der Waals surface area (Å²) in [6.45, 7) is 5.98. The van der Waals surface area contributed by atoms with Gasteiger partial charge in [-0.2, -0.15) is 0 Å². The molecule has 102 valence electrons. The van der Waals surface area contributed by atoms with Crippen LogP contribution in [0.2, 0.25) is 0 Å². The van der Waals surface area contributed by atoms with Gasteiger partial charge in [0.05, 0.1) is 16.3 Å². The van der Waals surface area contributed by atoms with E-state index in [1.165, 1.54) is 12.1 Å². The predicted molar refractivity (Wildman–Crippen MR) is 75.0 cm³/mol. The molecule has 0 radical (unpaired) electrons. The molecule has 0 aliphatic heterocycles. The van der Waals surface area contributed by atoms with Crippen LogP contribution in [0.15, 0.2) is 23.1 Å². The van der Waals surface area contributed by atoms with Gasteiger partial charge in [0.15, 0.2) is 0 Å². The molecule has 0 spiro atoms. The Morgan fingerprint density at radius 2 is 1.72 bits per heavy atom.